The first-order valence-corrected chi connectivity index (χ1v) is 10.3. The average molecular weight is 251 g/mol. The molecule has 0 radical (unpaired) electrons. The van der Waals surface area contributed by atoms with Crippen molar-refractivity contribution in [3.8, 4) is 0 Å². The fourth-order valence-corrected chi connectivity index (χ4v) is 4.59. The zero-order valence-electron chi connectivity index (χ0n) is 12.6. The van der Waals surface area contributed by atoms with Gasteiger partial charge in [0.1, 0.15) is 0 Å². The summed E-state index contributed by atoms with van der Waals surface area (Å²) in [6.45, 7) is 13.0. The summed E-state index contributed by atoms with van der Waals surface area (Å²) in [4.78, 5) is 0. The summed E-state index contributed by atoms with van der Waals surface area (Å²) < 4.78 is 8.44. The molecule has 17 heavy (non-hydrogen) atoms. The molecule has 1 N–H and O–H groups in total. The second-order valence-corrected chi connectivity index (χ2v) is 11.7. The molecular weight excluding hydrogens is 224 g/mol. The van der Waals surface area contributed by atoms with Gasteiger partial charge in [0.25, 0.3) is 0 Å². The molecule has 0 aliphatic heterocycles. The SMILES string of the molecule is [2H]/C(=C1/C(=C)[C@@]2(C)CCCC[C@H]2[C@@H]1O)[Si](C)(C)C. The van der Waals surface area contributed by atoms with Gasteiger partial charge in [-0.3, -0.25) is 0 Å². The first-order valence-electron chi connectivity index (χ1n) is 7.28. The van der Waals surface area contributed by atoms with Gasteiger partial charge in [-0.05, 0) is 35.3 Å². The van der Waals surface area contributed by atoms with Crippen LogP contribution in [0, 0.1) is 11.3 Å². The Morgan fingerprint density at radius 1 is 1.47 bits per heavy atom. The molecule has 96 valence electrons. The fourth-order valence-electron chi connectivity index (χ4n) is 3.48. The van der Waals surface area contributed by atoms with Crippen LogP contribution in [0.5, 0.6) is 0 Å². The Labute approximate surface area is 108 Å². The van der Waals surface area contributed by atoms with Crippen molar-refractivity contribution in [2.24, 2.45) is 11.3 Å². The molecule has 2 rings (SSSR count). The maximum absolute atomic E-state index is 10.6. The van der Waals surface area contributed by atoms with Crippen molar-refractivity contribution in [3.63, 3.8) is 0 Å². The Bertz CT molecular complexity index is 407. The lowest BCUT2D eigenvalue weighted by Crippen LogP contribution is -2.31. The lowest BCUT2D eigenvalue weighted by Gasteiger charge is -2.37. The van der Waals surface area contributed by atoms with E-state index in [0.29, 0.717) is 11.6 Å². The largest absolute Gasteiger partial charge is 0.388 e. The van der Waals surface area contributed by atoms with Gasteiger partial charge >= 0.3 is 0 Å². The highest BCUT2D eigenvalue weighted by Gasteiger charge is 2.50. The average Bonchev–Trinajstić information content (AvgIpc) is 2.46. The van der Waals surface area contributed by atoms with Crippen molar-refractivity contribution in [2.75, 3.05) is 0 Å². The van der Waals surface area contributed by atoms with Crippen LogP contribution in [0.1, 0.15) is 34.0 Å². The number of hydrogen-bond donors (Lipinski definition) is 1. The van der Waals surface area contributed by atoms with Gasteiger partial charge in [0.2, 0.25) is 0 Å². The van der Waals surface area contributed by atoms with Gasteiger partial charge < -0.3 is 5.11 Å². The molecule has 2 saturated carbocycles. The lowest BCUT2D eigenvalue weighted by molar-refractivity contribution is 0.0721. The summed E-state index contributed by atoms with van der Waals surface area (Å²) >= 11 is 0. The standard InChI is InChI=1S/C15H26OSi/c1-11-12(10-17(3,4)5)14(16)13-8-6-7-9-15(11,13)2/h10,13-14,16H,1,6-9H2,2-5H3/b12-10+/t13-,14+,15+/m0/s1/i10D. The van der Waals surface area contributed by atoms with E-state index in [2.05, 4.69) is 33.1 Å². The van der Waals surface area contributed by atoms with E-state index in [-0.39, 0.29) is 5.41 Å². The highest BCUT2D eigenvalue weighted by Crippen LogP contribution is 2.56. The maximum Gasteiger partial charge on any atom is 0.0822 e. The Kier molecular flexibility index (Phi) is 2.83. The van der Waals surface area contributed by atoms with Gasteiger partial charge in [0.05, 0.1) is 15.5 Å². The number of aliphatic hydroxyl groups excluding tert-OH is 1. The molecule has 0 aromatic heterocycles. The van der Waals surface area contributed by atoms with Crippen LogP contribution in [-0.4, -0.2) is 19.3 Å². The van der Waals surface area contributed by atoms with Gasteiger partial charge in [-0.1, -0.05) is 51.7 Å². The minimum absolute atomic E-state index is 0.0406. The number of aliphatic hydroxyl groups is 1. The third-order valence-electron chi connectivity index (χ3n) is 4.48. The molecule has 0 bridgehead atoms. The topological polar surface area (TPSA) is 20.2 Å². The van der Waals surface area contributed by atoms with E-state index >= 15 is 0 Å². The fraction of sp³-hybridized carbons (Fsp3) is 0.733. The first kappa shape index (κ1) is 11.7. The maximum atomic E-state index is 10.6. The smallest absolute Gasteiger partial charge is 0.0822 e. The molecule has 3 atom stereocenters. The molecule has 2 aliphatic carbocycles. The number of hydrogen-bond acceptors (Lipinski definition) is 1. The Hall–Kier alpha value is -0.343. The van der Waals surface area contributed by atoms with Crippen molar-refractivity contribution in [1.29, 1.82) is 0 Å². The van der Waals surface area contributed by atoms with Crippen LogP contribution < -0.4 is 0 Å². The van der Waals surface area contributed by atoms with Crippen LogP contribution in [-0.2, 0) is 0 Å². The van der Waals surface area contributed by atoms with Gasteiger partial charge in [0.15, 0.2) is 0 Å². The van der Waals surface area contributed by atoms with E-state index in [1.807, 2.05) is 0 Å². The van der Waals surface area contributed by atoms with Crippen LogP contribution in [0.4, 0.5) is 0 Å². The normalized spacial score (nSPS) is 42.2. The number of fused-ring (bicyclic) bond motifs is 1. The van der Waals surface area contributed by atoms with Gasteiger partial charge in [0, 0.05) is 0 Å². The Morgan fingerprint density at radius 3 is 2.65 bits per heavy atom. The Balaban J connectivity index is 2.50. The summed E-state index contributed by atoms with van der Waals surface area (Å²) in [5.41, 5.74) is 2.70. The zero-order valence-corrected chi connectivity index (χ0v) is 12.6. The monoisotopic (exact) mass is 251 g/mol. The minimum Gasteiger partial charge on any atom is -0.388 e. The van der Waals surface area contributed by atoms with Crippen molar-refractivity contribution < 1.29 is 6.48 Å². The molecule has 0 spiro atoms. The highest BCUT2D eigenvalue weighted by molar-refractivity contribution is 6.81. The molecule has 0 unspecified atom stereocenters. The molecule has 1 nitrogen and oxygen atoms in total. The van der Waals surface area contributed by atoms with Crippen molar-refractivity contribution in [1.82, 2.24) is 0 Å². The second kappa shape index (κ2) is 4.10. The summed E-state index contributed by atoms with van der Waals surface area (Å²) in [6.07, 6.45) is 4.20. The van der Waals surface area contributed by atoms with Crippen LogP contribution in [0.25, 0.3) is 0 Å². The molecule has 0 saturated heterocycles. The molecule has 2 heteroatoms. The molecule has 0 amide bonds. The van der Waals surface area contributed by atoms with Crippen LogP contribution >= 0.6 is 0 Å². The number of rotatable bonds is 1. The molecular formula is C15H26OSi. The molecule has 2 aliphatic rings. The van der Waals surface area contributed by atoms with Crippen LogP contribution in [0.2, 0.25) is 19.6 Å². The van der Waals surface area contributed by atoms with Gasteiger partial charge in [-0.25, -0.2) is 0 Å². The van der Waals surface area contributed by atoms with E-state index in [1.165, 1.54) is 12.8 Å². The van der Waals surface area contributed by atoms with Crippen molar-refractivity contribution >= 4 is 8.07 Å². The molecule has 0 aromatic rings. The highest BCUT2D eigenvalue weighted by atomic mass is 28.3. The van der Waals surface area contributed by atoms with E-state index in [9.17, 15) is 5.11 Å². The van der Waals surface area contributed by atoms with Gasteiger partial charge in [-0.2, -0.15) is 0 Å². The van der Waals surface area contributed by atoms with E-state index in [0.717, 1.165) is 24.0 Å². The predicted octanol–water partition coefficient (Wildman–Crippen LogP) is 3.92. The van der Waals surface area contributed by atoms with E-state index < -0.39 is 14.2 Å². The summed E-state index contributed by atoms with van der Waals surface area (Å²) in [7, 11) is -1.68. The van der Waals surface area contributed by atoms with Crippen molar-refractivity contribution in [3.05, 3.63) is 23.4 Å². The third-order valence-corrected chi connectivity index (χ3v) is 5.50. The van der Waals surface area contributed by atoms with Crippen molar-refractivity contribution in [2.45, 2.75) is 58.4 Å². The zero-order chi connectivity index (χ0) is 13.7. The van der Waals surface area contributed by atoms with Crippen LogP contribution in [0.15, 0.2) is 23.4 Å². The third kappa shape index (κ3) is 2.17. The van der Waals surface area contributed by atoms with E-state index in [1.54, 1.807) is 0 Å². The molecule has 0 heterocycles. The van der Waals surface area contributed by atoms with Gasteiger partial charge in [-0.15, -0.1) is 0 Å². The minimum atomic E-state index is -1.68. The molecule has 2 fully saturated rings. The second-order valence-electron chi connectivity index (χ2n) is 6.98. The first-order chi connectivity index (χ1) is 8.19. The Morgan fingerprint density at radius 2 is 2.12 bits per heavy atom. The van der Waals surface area contributed by atoms with Crippen LogP contribution in [0.3, 0.4) is 0 Å². The lowest BCUT2D eigenvalue weighted by atomic mass is 9.68. The molecule has 0 aromatic carbocycles. The summed E-state index contributed by atoms with van der Waals surface area (Å²) in [6, 6.07) is 0. The summed E-state index contributed by atoms with van der Waals surface area (Å²) in [5, 5.41) is 10.6. The quantitative estimate of drug-likeness (QED) is 0.700. The predicted molar refractivity (Wildman–Crippen MR) is 76.6 cm³/mol. The van der Waals surface area contributed by atoms with E-state index in [4.69, 9.17) is 1.37 Å². The summed E-state index contributed by atoms with van der Waals surface area (Å²) in [5.74, 6) is 0.297.